The molecule has 2 N–H and O–H groups in total. The number of hydrogen-bond donors (Lipinski definition) is 2. The zero-order chi connectivity index (χ0) is 22.5. The van der Waals surface area contributed by atoms with Gasteiger partial charge in [0.15, 0.2) is 5.78 Å². The van der Waals surface area contributed by atoms with Gasteiger partial charge in [0.1, 0.15) is 11.4 Å². The Balaban J connectivity index is 1.41. The number of nitrogens with zero attached hydrogens (tertiary/aromatic N) is 2. The van der Waals surface area contributed by atoms with Crippen LogP contribution in [0, 0.1) is 5.41 Å². The zero-order valence-corrected chi connectivity index (χ0v) is 18.3. The summed E-state index contributed by atoms with van der Waals surface area (Å²) in [6, 6.07) is 8.88. The second-order valence-corrected chi connectivity index (χ2v) is 9.57. The van der Waals surface area contributed by atoms with Crippen LogP contribution in [0.2, 0.25) is 0 Å². The highest BCUT2D eigenvalue weighted by Gasteiger charge is 2.32. The molecular formula is C25H26N4O3. The Morgan fingerprint density at radius 2 is 2.00 bits per heavy atom. The van der Waals surface area contributed by atoms with Crippen molar-refractivity contribution in [3.05, 3.63) is 69.5 Å². The second kappa shape index (κ2) is 7.58. The van der Waals surface area contributed by atoms with Crippen LogP contribution in [0.4, 0.5) is 5.69 Å². The highest BCUT2D eigenvalue weighted by atomic mass is 16.2. The summed E-state index contributed by atoms with van der Waals surface area (Å²) in [5, 5.41) is 2.80. The van der Waals surface area contributed by atoms with Gasteiger partial charge in [-0.2, -0.15) is 0 Å². The number of fused-ring (bicyclic) bond motifs is 2. The fourth-order valence-electron chi connectivity index (χ4n) is 4.70. The maximum Gasteiger partial charge on any atom is 0.261 e. The van der Waals surface area contributed by atoms with E-state index >= 15 is 0 Å². The average Bonchev–Trinajstić information content (AvgIpc) is 3.17. The number of hydrogen-bond acceptors (Lipinski definition) is 4. The number of carbonyl (C=O) groups is 2. The molecule has 1 amide bonds. The summed E-state index contributed by atoms with van der Waals surface area (Å²) >= 11 is 0. The quantitative estimate of drug-likeness (QED) is 0.657. The number of nitrogens with one attached hydrogen (secondary N) is 2. The van der Waals surface area contributed by atoms with Crippen LogP contribution >= 0.6 is 0 Å². The number of amides is 1. The molecule has 0 spiro atoms. The lowest BCUT2D eigenvalue weighted by atomic mass is 9.75. The van der Waals surface area contributed by atoms with Crippen LogP contribution in [0.25, 0.3) is 11.3 Å². The molecule has 2 aliphatic rings. The van der Waals surface area contributed by atoms with Crippen LogP contribution in [0.1, 0.15) is 65.3 Å². The first-order valence-electron chi connectivity index (χ1n) is 11.1. The molecule has 164 valence electrons. The number of carbonyl (C=O) groups excluding carboxylic acids is 2. The van der Waals surface area contributed by atoms with Gasteiger partial charge in [0.25, 0.3) is 11.5 Å². The molecule has 5 rings (SSSR count). The van der Waals surface area contributed by atoms with Crippen molar-refractivity contribution in [1.29, 1.82) is 0 Å². The Morgan fingerprint density at radius 3 is 2.81 bits per heavy atom. The maximum atomic E-state index is 12.9. The molecule has 7 nitrogen and oxygen atoms in total. The minimum Gasteiger partial charge on any atom is -0.334 e. The molecule has 0 unspecified atom stereocenters. The monoisotopic (exact) mass is 430 g/mol. The van der Waals surface area contributed by atoms with Gasteiger partial charge >= 0.3 is 0 Å². The lowest BCUT2D eigenvalue weighted by Gasteiger charge is -2.29. The van der Waals surface area contributed by atoms with E-state index in [1.807, 2.05) is 32.0 Å². The van der Waals surface area contributed by atoms with E-state index in [2.05, 4.69) is 21.1 Å². The minimum absolute atomic E-state index is 0.0488. The largest absolute Gasteiger partial charge is 0.334 e. The van der Waals surface area contributed by atoms with E-state index in [1.54, 1.807) is 6.07 Å². The molecule has 7 heteroatoms. The Kier molecular flexibility index (Phi) is 4.84. The van der Waals surface area contributed by atoms with Crippen molar-refractivity contribution < 1.29 is 9.59 Å². The molecule has 3 aromatic rings. The van der Waals surface area contributed by atoms with E-state index in [9.17, 15) is 14.4 Å². The van der Waals surface area contributed by atoms with E-state index in [0.717, 1.165) is 42.9 Å². The third-order valence-corrected chi connectivity index (χ3v) is 6.29. The Hall–Kier alpha value is -3.48. The Bertz CT molecular complexity index is 1280. The summed E-state index contributed by atoms with van der Waals surface area (Å²) in [6.45, 7) is 4.97. The third-order valence-electron chi connectivity index (χ3n) is 6.29. The van der Waals surface area contributed by atoms with Crippen molar-refractivity contribution in [2.75, 3.05) is 5.32 Å². The normalized spacial score (nSPS) is 16.9. The fourth-order valence-corrected chi connectivity index (χ4v) is 4.70. The topological polar surface area (TPSA) is 96.8 Å². The first-order chi connectivity index (χ1) is 15.3. The van der Waals surface area contributed by atoms with Crippen molar-refractivity contribution in [2.24, 2.45) is 5.41 Å². The Labute approximate surface area is 185 Å². The summed E-state index contributed by atoms with van der Waals surface area (Å²) in [6.07, 6.45) is 6.34. The predicted octanol–water partition coefficient (Wildman–Crippen LogP) is 3.98. The number of ketones is 1. The average molecular weight is 431 g/mol. The van der Waals surface area contributed by atoms with Crippen LogP contribution in [0.3, 0.4) is 0 Å². The summed E-state index contributed by atoms with van der Waals surface area (Å²) in [7, 11) is 0. The first-order valence-corrected chi connectivity index (χ1v) is 11.1. The van der Waals surface area contributed by atoms with Gasteiger partial charge < -0.3 is 14.9 Å². The van der Waals surface area contributed by atoms with Gasteiger partial charge in [0, 0.05) is 48.1 Å². The number of pyridine rings is 1. The minimum atomic E-state index is -0.534. The molecule has 0 bridgehead atoms. The molecule has 0 fully saturated rings. The molecule has 3 heterocycles. The first kappa shape index (κ1) is 20.4. The van der Waals surface area contributed by atoms with Gasteiger partial charge in [-0.1, -0.05) is 26.0 Å². The highest BCUT2D eigenvalue weighted by Crippen LogP contribution is 2.33. The molecular weight excluding hydrogens is 404 g/mol. The van der Waals surface area contributed by atoms with E-state index in [0.29, 0.717) is 29.8 Å². The number of aryl methyl sites for hydroxylation is 2. The summed E-state index contributed by atoms with van der Waals surface area (Å²) in [5.74, 6) is 0.509. The van der Waals surface area contributed by atoms with Crippen molar-refractivity contribution >= 4 is 17.4 Å². The number of aromatic nitrogens is 3. The lowest BCUT2D eigenvalue weighted by molar-refractivity contribution is 0.0910. The van der Waals surface area contributed by atoms with Crippen molar-refractivity contribution in [2.45, 2.75) is 52.5 Å². The van der Waals surface area contributed by atoms with E-state index in [1.165, 1.54) is 6.07 Å². The number of imidazole rings is 1. The SMILES string of the molecule is CC1(C)CC(=O)c2cc(C(=O)Nc3cccc(-c4cn5c(n4)CCCC5)c3)c(=O)[nH]c2C1. The molecule has 0 saturated carbocycles. The summed E-state index contributed by atoms with van der Waals surface area (Å²) < 4.78 is 2.19. The van der Waals surface area contributed by atoms with E-state index < -0.39 is 11.5 Å². The number of H-pyrrole nitrogens is 1. The highest BCUT2D eigenvalue weighted by molar-refractivity contribution is 6.07. The van der Waals surface area contributed by atoms with Crippen molar-refractivity contribution in [3.8, 4) is 11.3 Å². The number of rotatable bonds is 3. The van der Waals surface area contributed by atoms with Crippen LogP contribution < -0.4 is 10.9 Å². The molecule has 1 aliphatic carbocycles. The lowest BCUT2D eigenvalue weighted by Crippen LogP contribution is -2.32. The number of anilines is 1. The number of Topliss-reactive ketones (excluding diaryl/α,β-unsaturated/α-hetero) is 1. The summed E-state index contributed by atoms with van der Waals surface area (Å²) in [4.78, 5) is 45.6. The fraction of sp³-hybridized carbons (Fsp3) is 0.360. The van der Waals surface area contributed by atoms with Crippen LogP contribution in [0.15, 0.2) is 41.3 Å². The van der Waals surface area contributed by atoms with Gasteiger partial charge in [-0.3, -0.25) is 14.4 Å². The molecule has 1 aromatic carbocycles. The van der Waals surface area contributed by atoms with Crippen LogP contribution in [-0.4, -0.2) is 26.2 Å². The van der Waals surface area contributed by atoms with Crippen molar-refractivity contribution in [3.63, 3.8) is 0 Å². The third kappa shape index (κ3) is 3.79. The van der Waals surface area contributed by atoms with E-state index in [4.69, 9.17) is 4.98 Å². The molecule has 2 aromatic heterocycles. The molecule has 0 saturated heterocycles. The molecule has 0 atom stereocenters. The smallest absolute Gasteiger partial charge is 0.261 e. The number of benzene rings is 1. The van der Waals surface area contributed by atoms with Gasteiger partial charge in [-0.15, -0.1) is 0 Å². The maximum absolute atomic E-state index is 12.9. The van der Waals surface area contributed by atoms with Crippen LogP contribution in [-0.2, 0) is 19.4 Å². The molecule has 32 heavy (non-hydrogen) atoms. The van der Waals surface area contributed by atoms with Crippen LogP contribution in [0.5, 0.6) is 0 Å². The predicted molar refractivity (Wildman–Crippen MR) is 122 cm³/mol. The molecule has 0 radical (unpaired) electrons. The summed E-state index contributed by atoms with van der Waals surface area (Å²) in [5.41, 5.74) is 2.65. The number of aromatic amines is 1. The zero-order valence-electron chi connectivity index (χ0n) is 18.3. The van der Waals surface area contributed by atoms with Gasteiger partial charge in [0.2, 0.25) is 0 Å². The standard InChI is InChI=1S/C25H26N4O3/c1-25(2)12-19-17(21(30)13-25)11-18(24(32)28-19)23(31)26-16-7-5-6-15(10-16)20-14-29-9-4-3-8-22(29)27-20/h5-7,10-11,14H,3-4,8-9,12-13H2,1-2H3,(H,26,31)(H,28,32). The molecule has 1 aliphatic heterocycles. The Morgan fingerprint density at radius 1 is 1.16 bits per heavy atom. The van der Waals surface area contributed by atoms with E-state index in [-0.39, 0.29) is 16.8 Å². The van der Waals surface area contributed by atoms with Gasteiger partial charge in [0.05, 0.1) is 5.69 Å². The second-order valence-electron chi connectivity index (χ2n) is 9.57. The van der Waals surface area contributed by atoms with Gasteiger partial charge in [-0.05, 0) is 42.9 Å². The van der Waals surface area contributed by atoms with Gasteiger partial charge in [-0.25, -0.2) is 4.98 Å². The van der Waals surface area contributed by atoms with Crippen molar-refractivity contribution in [1.82, 2.24) is 14.5 Å².